The molecule has 2 rings (SSSR count). The number of hydrogen-bond donors (Lipinski definition) is 7. The molecule has 0 bridgehead atoms. The van der Waals surface area contributed by atoms with Crippen molar-refractivity contribution in [3.63, 3.8) is 0 Å². The third-order valence-corrected chi connectivity index (χ3v) is 14.4. The average Bonchev–Trinajstić information content (AvgIpc) is 3.40. The van der Waals surface area contributed by atoms with Gasteiger partial charge in [0.25, 0.3) is 0 Å². The number of aliphatic hydroxyl groups excluding tert-OH is 7. The molecule has 0 amide bonds. The van der Waals surface area contributed by atoms with Crippen LogP contribution >= 0.6 is 0 Å². The molecular weight excluding hydrogens is 945 g/mol. The number of unbranched alkanes of at least 4 members (excludes halogenated alkanes) is 29. The fourth-order valence-electron chi connectivity index (χ4n) is 9.49. The largest absolute Gasteiger partial charge is 0.457 e. The maximum Gasteiger partial charge on any atom is 0.306 e. The molecule has 2 heterocycles. The summed E-state index contributed by atoms with van der Waals surface area (Å²) in [4.78, 5) is 13.1. The van der Waals surface area contributed by atoms with Crippen LogP contribution in [0.4, 0.5) is 0 Å². The highest BCUT2D eigenvalue weighted by molar-refractivity contribution is 5.69. The Kier molecular flexibility index (Phi) is 43.6. The fourth-order valence-corrected chi connectivity index (χ4v) is 9.49. The minimum absolute atomic E-state index is 0.0584. The molecule has 2 aliphatic rings. The zero-order valence-electron chi connectivity index (χ0n) is 46.6. The molecule has 0 aromatic carbocycles. The highest BCUT2D eigenvalue weighted by Crippen LogP contribution is 2.27. The molecule has 2 aliphatic heterocycles. The Morgan fingerprint density at radius 2 is 0.838 bits per heavy atom. The lowest BCUT2D eigenvalue weighted by atomic mass is 9.98. The summed E-state index contributed by atoms with van der Waals surface area (Å²) in [5.41, 5.74) is 0. The van der Waals surface area contributed by atoms with Crippen molar-refractivity contribution >= 4 is 5.97 Å². The van der Waals surface area contributed by atoms with Crippen molar-refractivity contribution < 1.29 is 69.0 Å². The van der Waals surface area contributed by atoms with Crippen molar-refractivity contribution in [1.29, 1.82) is 0 Å². The molecule has 434 valence electrons. The maximum atomic E-state index is 13.1. The van der Waals surface area contributed by atoms with Gasteiger partial charge in [-0.3, -0.25) is 4.79 Å². The van der Waals surface area contributed by atoms with E-state index < -0.39 is 80.7 Å². The highest BCUT2D eigenvalue weighted by Gasteiger charge is 2.47. The minimum Gasteiger partial charge on any atom is -0.457 e. The van der Waals surface area contributed by atoms with Gasteiger partial charge in [0.1, 0.15) is 54.9 Å². The quantitative estimate of drug-likeness (QED) is 0.0172. The Labute approximate surface area is 449 Å². The Hall–Kier alpha value is -1.79. The topological polar surface area (TPSA) is 214 Å². The maximum absolute atomic E-state index is 13.1. The van der Waals surface area contributed by atoms with E-state index in [4.69, 9.17) is 28.4 Å². The van der Waals surface area contributed by atoms with E-state index in [9.17, 15) is 40.5 Å². The molecule has 7 N–H and O–H groups in total. The lowest BCUT2D eigenvalue weighted by Crippen LogP contribution is -2.61. The van der Waals surface area contributed by atoms with Gasteiger partial charge in [-0.25, -0.2) is 0 Å². The summed E-state index contributed by atoms with van der Waals surface area (Å²) in [5.74, 6) is -0.378. The van der Waals surface area contributed by atoms with Crippen molar-refractivity contribution in [2.75, 3.05) is 33.0 Å². The van der Waals surface area contributed by atoms with Crippen molar-refractivity contribution in [3.05, 3.63) is 36.5 Å². The van der Waals surface area contributed by atoms with Crippen LogP contribution in [0.5, 0.6) is 0 Å². The monoisotopic (exact) mass is 1050 g/mol. The van der Waals surface area contributed by atoms with Gasteiger partial charge in [0.15, 0.2) is 12.6 Å². The minimum atomic E-state index is -1.71. The highest BCUT2D eigenvalue weighted by atomic mass is 16.7. The van der Waals surface area contributed by atoms with Crippen LogP contribution in [0.3, 0.4) is 0 Å². The van der Waals surface area contributed by atoms with E-state index in [2.05, 4.69) is 50.3 Å². The molecule has 2 fully saturated rings. The van der Waals surface area contributed by atoms with Crippen molar-refractivity contribution in [2.45, 2.75) is 306 Å². The molecule has 11 atom stereocenters. The Bertz CT molecular complexity index is 1360. The first-order valence-electron chi connectivity index (χ1n) is 30.1. The number of rotatable bonds is 49. The summed E-state index contributed by atoms with van der Waals surface area (Å²) in [6, 6.07) is 0. The van der Waals surface area contributed by atoms with Crippen molar-refractivity contribution in [1.82, 2.24) is 0 Å². The van der Waals surface area contributed by atoms with E-state index in [0.29, 0.717) is 13.0 Å². The van der Waals surface area contributed by atoms with E-state index in [1.165, 1.54) is 161 Å². The molecule has 0 aromatic heterocycles. The molecule has 0 aromatic rings. The van der Waals surface area contributed by atoms with Crippen LogP contribution < -0.4 is 0 Å². The third-order valence-electron chi connectivity index (χ3n) is 14.4. The van der Waals surface area contributed by atoms with Gasteiger partial charge in [0, 0.05) is 13.0 Å². The molecule has 0 aliphatic carbocycles. The van der Waals surface area contributed by atoms with Gasteiger partial charge in [0.2, 0.25) is 0 Å². The zero-order chi connectivity index (χ0) is 53.7. The molecule has 0 spiro atoms. The van der Waals surface area contributed by atoms with Gasteiger partial charge in [-0.05, 0) is 70.6 Å². The van der Waals surface area contributed by atoms with E-state index in [1.54, 1.807) is 0 Å². The van der Waals surface area contributed by atoms with Crippen LogP contribution in [0.2, 0.25) is 0 Å². The molecule has 2 saturated heterocycles. The van der Waals surface area contributed by atoms with Gasteiger partial charge in [-0.2, -0.15) is 0 Å². The number of aliphatic hydroxyl groups is 7. The van der Waals surface area contributed by atoms with E-state index >= 15 is 0 Å². The predicted molar refractivity (Wildman–Crippen MR) is 293 cm³/mol. The second kappa shape index (κ2) is 47.2. The van der Waals surface area contributed by atoms with Crippen LogP contribution in [-0.4, -0.2) is 142 Å². The van der Waals surface area contributed by atoms with Crippen molar-refractivity contribution in [2.24, 2.45) is 0 Å². The first-order valence-corrected chi connectivity index (χ1v) is 30.1. The van der Waals surface area contributed by atoms with Crippen molar-refractivity contribution in [3.8, 4) is 0 Å². The smallest absolute Gasteiger partial charge is 0.306 e. The summed E-state index contributed by atoms with van der Waals surface area (Å²) in [6.07, 6.45) is 39.2. The Balaban J connectivity index is 1.70. The van der Waals surface area contributed by atoms with Crippen LogP contribution in [0, 0.1) is 0 Å². The standard InChI is InChI=1S/C60H110O14/c1-3-5-7-9-11-13-15-17-19-21-22-23-24-25-26-27-29-31-33-35-37-39-41-43-52(62)72-49(46-69-44-42-40-38-36-34-32-30-28-20-18-16-14-12-10-8-6-4-2)47-70-59-58(68)56(66)54(64)51(74-59)48-71-60-57(67)55(65)53(63)50(45-61)73-60/h15,17,20-22,28,49-51,53-61,63-68H,3-14,16,18-19,23-27,29-48H2,1-2H3/b17-15-,22-21-,28-20-. The van der Waals surface area contributed by atoms with Crippen LogP contribution in [0.1, 0.15) is 239 Å². The molecule has 14 heteroatoms. The van der Waals surface area contributed by atoms with Crippen LogP contribution in [0.25, 0.3) is 0 Å². The van der Waals surface area contributed by atoms with Crippen LogP contribution in [0.15, 0.2) is 36.5 Å². The fraction of sp³-hybridized carbons (Fsp3) is 0.883. The lowest BCUT2D eigenvalue weighted by Gasteiger charge is -2.42. The van der Waals surface area contributed by atoms with Gasteiger partial charge >= 0.3 is 5.97 Å². The SMILES string of the molecule is CCCCCCC/C=C\C/C=C\CCCCCCCCCCCCCC(=O)OC(COCCCCCCCC/C=C\CCCCCCCCC)COC1OC(COC2OC(CO)C(O)C(O)C2O)C(O)C(O)C1O. The Morgan fingerprint density at radius 1 is 0.446 bits per heavy atom. The number of hydrogen-bond acceptors (Lipinski definition) is 14. The van der Waals surface area contributed by atoms with E-state index in [0.717, 1.165) is 51.4 Å². The number of carbonyl (C=O) groups is 1. The summed E-state index contributed by atoms with van der Waals surface area (Å²) >= 11 is 0. The lowest BCUT2D eigenvalue weighted by molar-refractivity contribution is -0.332. The normalized spacial score (nSPS) is 25.0. The molecule has 74 heavy (non-hydrogen) atoms. The molecule has 0 saturated carbocycles. The number of allylic oxidation sites excluding steroid dienone is 6. The van der Waals surface area contributed by atoms with Gasteiger partial charge in [-0.15, -0.1) is 0 Å². The van der Waals surface area contributed by atoms with Gasteiger partial charge in [-0.1, -0.05) is 198 Å². The number of carbonyl (C=O) groups excluding carboxylic acids is 1. The second-order valence-corrected chi connectivity index (χ2v) is 21.2. The zero-order valence-corrected chi connectivity index (χ0v) is 46.6. The average molecular weight is 1060 g/mol. The number of ether oxygens (including phenoxy) is 6. The number of esters is 1. The van der Waals surface area contributed by atoms with E-state index in [1.807, 2.05) is 0 Å². The van der Waals surface area contributed by atoms with E-state index in [-0.39, 0.29) is 25.6 Å². The first-order chi connectivity index (χ1) is 36.1. The molecule has 14 nitrogen and oxygen atoms in total. The molecule has 11 unspecified atom stereocenters. The Morgan fingerprint density at radius 3 is 1.31 bits per heavy atom. The third kappa shape index (κ3) is 33.5. The predicted octanol–water partition coefficient (Wildman–Crippen LogP) is 10.9. The van der Waals surface area contributed by atoms with Gasteiger partial charge < -0.3 is 64.2 Å². The first kappa shape index (κ1) is 68.3. The second-order valence-electron chi connectivity index (χ2n) is 21.2. The van der Waals surface area contributed by atoms with Crippen LogP contribution in [-0.2, 0) is 33.2 Å². The molecule has 0 radical (unpaired) electrons. The summed E-state index contributed by atoms with van der Waals surface area (Å²) < 4.78 is 34.4. The summed E-state index contributed by atoms with van der Waals surface area (Å²) in [5, 5.41) is 72.4. The van der Waals surface area contributed by atoms with Gasteiger partial charge in [0.05, 0.1) is 26.4 Å². The summed E-state index contributed by atoms with van der Waals surface area (Å²) in [7, 11) is 0. The molecular formula is C60H110O14. The summed E-state index contributed by atoms with van der Waals surface area (Å²) in [6.45, 7) is 3.69.